The van der Waals surface area contributed by atoms with Crippen molar-refractivity contribution >= 4 is 11.9 Å². The molecule has 0 aliphatic carbocycles. The van der Waals surface area contributed by atoms with Crippen molar-refractivity contribution in [2.24, 2.45) is 5.92 Å². The van der Waals surface area contributed by atoms with E-state index in [1.54, 1.807) is 26.0 Å². The highest BCUT2D eigenvalue weighted by Crippen LogP contribution is 2.14. The van der Waals surface area contributed by atoms with Gasteiger partial charge in [-0.3, -0.25) is 4.79 Å². The number of amides is 1. The van der Waals surface area contributed by atoms with E-state index in [0.29, 0.717) is 12.0 Å². The van der Waals surface area contributed by atoms with Gasteiger partial charge >= 0.3 is 5.97 Å². The molecular weight excluding hydrogens is 249 g/mol. The topological polar surface area (TPSA) is 66.4 Å². The molecule has 0 saturated carbocycles. The second kappa shape index (κ2) is 6.31. The van der Waals surface area contributed by atoms with Gasteiger partial charge < -0.3 is 10.4 Å². The zero-order valence-electron chi connectivity index (χ0n) is 11.2. The molecule has 1 aromatic rings. The molecule has 0 aliphatic rings. The van der Waals surface area contributed by atoms with Gasteiger partial charge in [-0.05, 0) is 24.5 Å². The Morgan fingerprint density at radius 2 is 2.05 bits per heavy atom. The van der Waals surface area contributed by atoms with E-state index in [-0.39, 0.29) is 11.5 Å². The molecule has 2 unspecified atom stereocenters. The van der Waals surface area contributed by atoms with Crippen molar-refractivity contribution in [1.82, 2.24) is 5.32 Å². The average Bonchev–Trinajstić information content (AvgIpc) is 2.37. The molecule has 0 bridgehead atoms. The van der Waals surface area contributed by atoms with E-state index in [2.05, 4.69) is 5.32 Å². The number of hydrogen-bond donors (Lipinski definition) is 2. The van der Waals surface area contributed by atoms with Gasteiger partial charge in [-0.25, -0.2) is 9.18 Å². The average molecular weight is 267 g/mol. The molecule has 2 N–H and O–H groups in total. The van der Waals surface area contributed by atoms with E-state index in [4.69, 9.17) is 5.11 Å². The number of rotatable bonds is 5. The normalized spacial score (nSPS) is 13.7. The first kappa shape index (κ1) is 15.1. The number of carbonyl (C=O) groups excluding carboxylic acids is 1. The highest BCUT2D eigenvalue weighted by atomic mass is 19.1. The number of aliphatic carboxylic acids is 1. The maximum atomic E-state index is 13.8. The van der Waals surface area contributed by atoms with E-state index in [1.807, 2.05) is 6.92 Å². The summed E-state index contributed by atoms with van der Waals surface area (Å²) < 4.78 is 13.8. The Hall–Kier alpha value is -1.91. The van der Waals surface area contributed by atoms with Crippen LogP contribution in [0.4, 0.5) is 4.39 Å². The lowest BCUT2D eigenvalue weighted by molar-refractivity contribution is -0.140. The summed E-state index contributed by atoms with van der Waals surface area (Å²) in [6.45, 7) is 5.11. The van der Waals surface area contributed by atoms with Crippen molar-refractivity contribution in [3.63, 3.8) is 0 Å². The lowest BCUT2D eigenvalue weighted by atomic mass is 9.98. The highest BCUT2D eigenvalue weighted by Gasteiger charge is 2.26. The molecule has 19 heavy (non-hydrogen) atoms. The number of carboxylic acid groups (broad SMARTS) is 1. The first-order valence-electron chi connectivity index (χ1n) is 6.17. The molecule has 1 aromatic carbocycles. The molecule has 0 aliphatic heterocycles. The van der Waals surface area contributed by atoms with Crippen molar-refractivity contribution in [2.75, 3.05) is 0 Å². The van der Waals surface area contributed by atoms with Gasteiger partial charge in [-0.15, -0.1) is 0 Å². The number of carboxylic acids is 1. The summed E-state index contributed by atoms with van der Waals surface area (Å²) in [5.41, 5.74) is 0.220. The number of hydrogen-bond acceptors (Lipinski definition) is 2. The maximum absolute atomic E-state index is 13.8. The van der Waals surface area contributed by atoms with Gasteiger partial charge in [0.15, 0.2) is 0 Å². The molecule has 0 fully saturated rings. The Kier molecular flexibility index (Phi) is 5.03. The summed E-state index contributed by atoms with van der Waals surface area (Å²) >= 11 is 0. The van der Waals surface area contributed by atoms with Crippen LogP contribution < -0.4 is 5.32 Å². The van der Waals surface area contributed by atoms with E-state index in [1.165, 1.54) is 6.07 Å². The zero-order valence-corrected chi connectivity index (χ0v) is 11.2. The van der Waals surface area contributed by atoms with Gasteiger partial charge in [0, 0.05) is 0 Å². The van der Waals surface area contributed by atoms with Crippen molar-refractivity contribution in [3.05, 3.63) is 35.1 Å². The minimum atomic E-state index is -1.12. The Morgan fingerprint density at radius 1 is 1.42 bits per heavy atom. The molecular formula is C14H18FNO3. The molecule has 0 saturated heterocycles. The third-order valence-corrected chi connectivity index (χ3v) is 3.20. The van der Waals surface area contributed by atoms with Gasteiger partial charge in [-0.2, -0.15) is 0 Å². The fraction of sp³-hybridized carbons (Fsp3) is 0.429. The van der Waals surface area contributed by atoms with Gasteiger partial charge in [0.1, 0.15) is 11.9 Å². The Morgan fingerprint density at radius 3 is 2.58 bits per heavy atom. The summed E-state index contributed by atoms with van der Waals surface area (Å²) in [7, 11) is 0. The first-order chi connectivity index (χ1) is 8.88. The Labute approximate surface area is 111 Å². The highest BCUT2D eigenvalue weighted by molar-refractivity contribution is 5.97. The molecule has 0 radical (unpaired) electrons. The van der Waals surface area contributed by atoms with Crippen LogP contribution in [0.2, 0.25) is 0 Å². The zero-order chi connectivity index (χ0) is 14.6. The van der Waals surface area contributed by atoms with E-state index in [9.17, 15) is 14.0 Å². The largest absolute Gasteiger partial charge is 0.480 e. The summed E-state index contributed by atoms with van der Waals surface area (Å²) in [6.07, 6.45) is 0.605. The molecule has 0 spiro atoms. The molecule has 1 rings (SSSR count). The third kappa shape index (κ3) is 3.53. The van der Waals surface area contributed by atoms with Crippen LogP contribution in [-0.2, 0) is 4.79 Å². The van der Waals surface area contributed by atoms with Gasteiger partial charge in [0.05, 0.1) is 5.56 Å². The number of halogens is 1. The van der Waals surface area contributed by atoms with Crippen LogP contribution in [0.25, 0.3) is 0 Å². The number of aryl methyl sites for hydroxylation is 1. The van der Waals surface area contributed by atoms with Crippen LogP contribution in [0.3, 0.4) is 0 Å². The Balaban J connectivity index is 2.94. The number of nitrogens with one attached hydrogen (secondary N) is 1. The second-order valence-electron chi connectivity index (χ2n) is 4.61. The van der Waals surface area contributed by atoms with E-state index < -0.39 is 23.7 Å². The molecule has 5 heteroatoms. The van der Waals surface area contributed by atoms with Crippen LogP contribution >= 0.6 is 0 Å². The lowest BCUT2D eigenvalue weighted by Gasteiger charge is -2.20. The molecule has 2 atom stereocenters. The van der Waals surface area contributed by atoms with Crippen LogP contribution in [-0.4, -0.2) is 23.0 Å². The molecule has 4 nitrogen and oxygen atoms in total. The summed E-state index contributed by atoms with van der Waals surface area (Å²) in [6, 6.07) is 3.44. The Bertz CT molecular complexity index is 488. The van der Waals surface area contributed by atoms with E-state index in [0.717, 1.165) is 0 Å². The van der Waals surface area contributed by atoms with Gasteiger partial charge in [-0.1, -0.05) is 32.4 Å². The second-order valence-corrected chi connectivity index (χ2v) is 4.61. The fourth-order valence-corrected chi connectivity index (χ4v) is 1.72. The predicted molar refractivity (Wildman–Crippen MR) is 69.5 cm³/mol. The maximum Gasteiger partial charge on any atom is 0.326 e. The molecule has 0 heterocycles. The van der Waals surface area contributed by atoms with Crippen molar-refractivity contribution < 1.29 is 19.1 Å². The number of benzene rings is 1. The van der Waals surface area contributed by atoms with Crippen molar-refractivity contribution in [3.8, 4) is 0 Å². The first-order valence-corrected chi connectivity index (χ1v) is 6.17. The molecule has 1 amide bonds. The number of carbonyl (C=O) groups is 2. The molecule has 0 aromatic heterocycles. The minimum absolute atomic E-state index is 0.130. The standard InChI is InChI=1S/C14H18FNO3/c1-4-8(2)12(14(18)19)16-13(17)10-7-5-6-9(3)11(10)15/h5-8,12H,4H2,1-3H3,(H,16,17)(H,18,19). The fourth-order valence-electron chi connectivity index (χ4n) is 1.72. The summed E-state index contributed by atoms with van der Waals surface area (Å²) in [4.78, 5) is 23.0. The lowest BCUT2D eigenvalue weighted by Crippen LogP contribution is -2.45. The van der Waals surface area contributed by atoms with E-state index >= 15 is 0 Å². The molecule has 104 valence electrons. The predicted octanol–water partition coefficient (Wildman–Crippen LogP) is 2.36. The van der Waals surface area contributed by atoms with Crippen molar-refractivity contribution in [1.29, 1.82) is 0 Å². The third-order valence-electron chi connectivity index (χ3n) is 3.20. The minimum Gasteiger partial charge on any atom is -0.480 e. The monoisotopic (exact) mass is 267 g/mol. The smallest absolute Gasteiger partial charge is 0.326 e. The van der Waals surface area contributed by atoms with Gasteiger partial charge in [0.25, 0.3) is 5.91 Å². The SMILES string of the molecule is CCC(C)C(NC(=O)c1cccc(C)c1F)C(=O)O. The van der Waals surface area contributed by atoms with Crippen LogP contribution in [0.1, 0.15) is 36.2 Å². The van der Waals surface area contributed by atoms with Crippen molar-refractivity contribution in [2.45, 2.75) is 33.2 Å². The van der Waals surface area contributed by atoms with Crippen LogP contribution in [0.15, 0.2) is 18.2 Å². The summed E-state index contributed by atoms with van der Waals surface area (Å²) in [5, 5.41) is 11.5. The van der Waals surface area contributed by atoms with Crippen LogP contribution in [0, 0.1) is 18.7 Å². The van der Waals surface area contributed by atoms with Gasteiger partial charge in [0.2, 0.25) is 0 Å². The van der Waals surface area contributed by atoms with Crippen LogP contribution in [0.5, 0.6) is 0 Å². The summed E-state index contributed by atoms with van der Waals surface area (Å²) in [5.74, 6) is -2.66. The quantitative estimate of drug-likeness (QED) is 0.860.